The van der Waals surface area contributed by atoms with Gasteiger partial charge in [-0.25, -0.2) is 0 Å². The van der Waals surface area contributed by atoms with Gasteiger partial charge in [0.1, 0.15) is 0 Å². The van der Waals surface area contributed by atoms with Crippen LogP contribution in [0.5, 0.6) is 0 Å². The second kappa shape index (κ2) is 5.19. The van der Waals surface area contributed by atoms with Gasteiger partial charge < -0.3 is 0 Å². The normalized spacial score (nSPS) is 20.5. The molecule has 0 aromatic heterocycles. The van der Waals surface area contributed by atoms with E-state index in [2.05, 4.69) is 24.6 Å². The van der Waals surface area contributed by atoms with Crippen LogP contribution >= 0.6 is 0 Å². The summed E-state index contributed by atoms with van der Waals surface area (Å²) in [4.78, 5) is 11.9. The molecular weight excluding hydrogens is 214 g/mol. The number of amides is 1. The second-order valence-corrected chi connectivity index (χ2v) is 4.78. The van der Waals surface area contributed by atoms with Crippen LogP contribution in [0.3, 0.4) is 0 Å². The van der Waals surface area contributed by atoms with Gasteiger partial charge in [0.05, 0.1) is 18.4 Å². The van der Waals surface area contributed by atoms with Crippen molar-refractivity contribution in [1.82, 2.24) is 10.7 Å². The Morgan fingerprint density at radius 1 is 1.35 bits per heavy atom. The average molecular weight is 233 g/mol. The molecule has 17 heavy (non-hydrogen) atoms. The first-order valence-electron chi connectivity index (χ1n) is 6.03. The lowest BCUT2D eigenvalue weighted by Gasteiger charge is -2.35. The molecule has 92 valence electrons. The standard InChI is InChI=1S/C13H19N3O/c1-10(2)8-12-13(17)15-16(9-14-12)11-6-4-3-5-7-11/h3-7,10,12,14H,8-9H2,1-2H3,(H,15,17). The number of hydrogen-bond donors (Lipinski definition) is 2. The molecule has 1 aromatic rings. The predicted molar refractivity (Wildman–Crippen MR) is 68.3 cm³/mol. The Kier molecular flexibility index (Phi) is 3.64. The Hall–Kier alpha value is -1.55. The number of nitrogens with zero attached hydrogens (tertiary/aromatic N) is 1. The van der Waals surface area contributed by atoms with Crippen LogP contribution in [0.25, 0.3) is 0 Å². The summed E-state index contributed by atoms with van der Waals surface area (Å²) < 4.78 is 0. The van der Waals surface area contributed by atoms with E-state index in [1.165, 1.54) is 0 Å². The van der Waals surface area contributed by atoms with Gasteiger partial charge in [-0.3, -0.25) is 20.5 Å². The van der Waals surface area contributed by atoms with Crippen LogP contribution in [0.1, 0.15) is 20.3 Å². The van der Waals surface area contributed by atoms with E-state index in [-0.39, 0.29) is 11.9 Å². The number of para-hydroxylation sites is 1. The fourth-order valence-corrected chi connectivity index (χ4v) is 1.97. The van der Waals surface area contributed by atoms with Crippen molar-refractivity contribution in [2.75, 3.05) is 11.7 Å². The average Bonchev–Trinajstić information content (AvgIpc) is 2.32. The van der Waals surface area contributed by atoms with Crippen LogP contribution in [0, 0.1) is 5.92 Å². The van der Waals surface area contributed by atoms with E-state index in [4.69, 9.17) is 0 Å². The number of nitrogens with one attached hydrogen (secondary N) is 2. The molecule has 2 rings (SSSR count). The summed E-state index contributed by atoms with van der Waals surface area (Å²) in [5.41, 5.74) is 3.92. The fourth-order valence-electron chi connectivity index (χ4n) is 1.97. The zero-order valence-electron chi connectivity index (χ0n) is 10.3. The van der Waals surface area contributed by atoms with Crippen LogP contribution in [-0.2, 0) is 4.79 Å². The van der Waals surface area contributed by atoms with Gasteiger partial charge in [-0.05, 0) is 24.5 Å². The van der Waals surface area contributed by atoms with Gasteiger partial charge in [0, 0.05) is 0 Å². The third-order valence-electron chi connectivity index (χ3n) is 2.83. The highest BCUT2D eigenvalue weighted by atomic mass is 16.2. The van der Waals surface area contributed by atoms with Gasteiger partial charge in [0.15, 0.2) is 0 Å². The first kappa shape index (κ1) is 11.9. The number of anilines is 1. The monoisotopic (exact) mass is 233 g/mol. The van der Waals surface area contributed by atoms with E-state index in [0.717, 1.165) is 12.1 Å². The SMILES string of the molecule is CC(C)CC1NCN(c2ccccc2)NC1=O. The van der Waals surface area contributed by atoms with Gasteiger partial charge in [-0.2, -0.15) is 0 Å². The number of hydrazine groups is 1. The molecular formula is C13H19N3O. The van der Waals surface area contributed by atoms with Crippen molar-refractivity contribution < 1.29 is 4.79 Å². The van der Waals surface area contributed by atoms with Crippen molar-refractivity contribution in [2.45, 2.75) is 26.3 Å². The van der Waals surface area contributed by atoms with E-state index in [9.17, 15) is 4.79 Å². The molecule has 1 aromatic carbocycles. The number of carbonyl (C=O) groups excluding carboxylic acids is 1. The van der Waals surface area contributed by atoms with Gasteiger partial charge in [-0.15, -0.1) is 0 Å². The third-order valence-corrected chi connectivity index (χ3v) is 2.83. The molecule has 0 saturated carbocycles. The minimum Gasteiger partial charge on any atom is -0.287 e. The van der Waals surface area contributed by atoms with Crippen LogP contribution in [0.15, 0.2) is 30.3 Å². The number of rotatable bonds is 3. The lowest BCUT2D eigenvalue weighted by Crippen LogP contribution is -2.61. The van der Waals surface area contributed by atoms with E-state index in [1.807, 2.05) is 35.3 Å². The Morgan fingerprint density at radius 2 is 2.06 bits per heavy atom. The minimum absolute atomic E-state index is 0.0498. The van der Waals surface area contributed by atoms with Crippen LogP contribution in [0.2, 0.25) is 0 Å². The number of carbonyl (C=O) groups is 1. The molecule has 1 atom stereocenters. The molecule has 1 aliphatic rings. The molecule has 1 unspecified atom stereocenters. The highest BCUT2D eigenvalue weighted by molar-refractivity contribution is 5.84. The van der Waals surface area contributed by atoms with E-state index in [0.29, 0.717) is 12.6 Å². The van der Waals surface area contributed by atoms with Gasteiger partial charge in [-0.1, -0.05) is 32.0 Å². The van der Waals surface area contributed by atoms with Crippen LogP contribution < -0.4 is 15.8 Å². The molecule has 1 aliphatic heterocycles. The Balaban J connectivity index is 1.98. The Labute approximate surface area is 102 Å². The minimum atomic E-state index is -0.0741. The summed E-state index contributed by atoms with van der Waals surface area (Å²) in [6.45, 7) is 4.89. The third kappa shape index (κ3) is 2.97. The molecule has 2 N–H and O–H groups in total. The zero-order valence-corrected chi connectivity index (χ0v) is 10.3. The van der Waals surface area contributed by atoms with Crippen molar-refractivity contribution in [3.8, 4) is 0 Å². The maximum absolute atomic E-state index is 11.9. The molecule has 1 saturated heterocycles. The summed E-state index contributed by atoms with van der Waals surface area (Å²) in [6.07, 6.45) is 0.870. The summed E-state index contributed by atoms with van der Waals surface area (Å²) in [5, 5.41) is 5.10. The van der Waals surface area contributed by atoms with Gasteiger partial charge >= 0.3 is 0 Å². The Morgan fingerprint density at radius 3 is 2.65 bits per heavy atom. The number of benzene rings is 1. The molecule has 0 spiro atoms. The lowest BCUT2D eigenvalue weighted by atomic mass is 10.0. The summed E-state index contributed by atoms with van der Waals surface area (Å²) in [5.74, 6) is 0.565. The molecule has 4 heteroatoms. The van der Waals surface area contributed by atoms with Gasteiger partial charge in [0.25, 0.3) is 5.91 Å². The fraction of sp³-hybridized carbons (Fsp3) is 0.462. The smallest absolute Gasteiger partial charge is 0.255 e. The molecule has 0 radical (unpaired) electrons. The molecule has 1 amide bonds. The van der Waals surface area contributed by atoms with Crippen LogP contribution in [-0.4, -0.2) is 18.6 Å². The Bertz CT molecular complexity index is 378. The van der Waals surface area contributed by atoms with Crippen molar-refractivity contribution in [1.29, 1.82) is 0 Å². The van der Waals surface area contributed by atoms with Crippen molar-refractivity contribution in [2.24, 2.45) is 5.92 Å². The molecule has 0 bridgehead atoms. The van der Waals surface area contributed by atoms with E-state index < -0.39 is 0 Å². The largest absolute Gasteiger partial charge is 0.287 e. The van der Waals surface area contributed by atoms with Crippen LogP contribution in [0.4, 0.5) is 5.69 Å². The van der Waals surface area contributed by atoms with Crippen molar-refractivity contribution >= 4 is 11.6 Å². The van der Waals surface area contributed by atoms with Crippen molar-refractivity contribution in [3.05, 3.63) is 30.3 Å². The summed E-state index contributed by atoms with van der Waals surface area (Å²) >= 11 is 0. The first-order chi connectivity index (χ1) is 8.16. The van der Waals surface area contributed by atoms with E-state index >= 15 is 0 Å². The van der Waals surface area contributed by atoms with Gasteiger partial charge in [0.2, 0.25) is 0 Å². The summed E-state index contributed by atoms with van der Waals surface area (Å²) in [7, 11) is 0. The highest BCUT2D eigenvalue weighted by Gasteiger charge is 2.26. The molecule has 0 aliphatic carbocycles. The second-order valence-electron chi connectivity index (χ2n) is 4.78. The molecule has 1 fully saturated rings. The predicted octanol–water partition coefficient (Wildman–Crippen LogP) is 1.50. The maximum atomic E-state index is 11.9. The highest BCUT2D eigenvalue weighted by Crippen LogP contribution is 2.14. The topological polar surface area (TPSA) is 44.4 Å². The van der Waals surface area contributed by atoms with E-state index in [1.54, 1.807) is 0 Å². The maximum Gasteiger partial charge on any atom is 0.255 e. The number of hydrogen-bond acceptors (Lipinski definition) is 3. The lowest BCUT2D eigenvalue weighted by molar-refractivity contribution is -0.125. The molecule has 1 heterocycles. The molecule has 4 nitrogen and oxygen atoms in total. The first-order valence-corrected chi connectivity index (χ1v) is 6.03. The quantitative estimate of drug-likeness (QED) is 0.831. The van der Waals surface area contributed by atoms with Crippen molar-refractivity contribution in [3.63, 3.8) is 0 Å². The summed E-state index contributed by atoms with van der Waals surface area (Å²) in [6, 6.07) is 9.76. The zero-order chi connectivity index (χ0) is 12.3.